The first kappa shape index (κ1) is 29.8. The standard InChI is InChI=1S/C31H37BrN2O6/c1-28(2,3)39-26(36)30(24(35)19-21-18-23(32)17-20-13-16-38-25(20)21)14-10-15-34(27(37)40-29(4,5)6)31(30,33)22-11-8-7-9-12-22/h7-9,11-13,16-18H,10,14-15,19,33H2,1-6H3. The smallest absolute Gasteiger partial charge is 0.412 e. The maximum absolute atomic E-state index is 14.7. The largest absolute Gasteiger partial charge is 0.464 e. The Morgan fingerprint density at radius 1 is 1.00 bits per heavy atom. The second-order valence-electron chi connectivity index (χ2n) is 12.3. The summed E-state index contributed by atoms with van der Waals surface area (Å²) in [4.78, 5) is 44.1. The van der Waals surface area contributed by atoms with E-state index < -0.39 is 40.1 Å². The number of amides is 1. The van der Waals surface area contributed by atoms with Gasteiger partial charge in [0.1, 0.15) is 22.4 Å². The van der Waals surface area contributed by atoms with E-state index in [1.807, 2.05) is 6.07 Å². The zero-order valence-electron chi connectivity index (χ0n) is 23.9. The fourth-order valence-electron chi connectivity index (χ4n) is 5.41. The van der Waals surface area contributed by atoms with E-state index in [-0.39, 0.29) is 19.4 Å². The summed E-state index contributed by atoms with van der Waals surface area (Å²) in [7, 11) is 0. The Morgan fingerprint density at radius 2 is 1.65 bits per heavy atom. The molecule has 1 saturated heterocycles. The second kappa shape index (κ2) is 10.7. The van der Waals surface area contributed by atoms with Crippen molar-refractivity contribution < 1.29 is 28.3 Å². The number of furan rings is 1. The number of likely N-dealkylation sites (tertiary alicyclic amines) is 1. The number of fused-ring (bicyclic) bond motifs is 1. The van der Waals surface area contributed by atoms with Gasteiger partial charge < -0.3 is 19.6 Å². The fraction of sp³-hybridized carbons (Fsp3) is 0.452. The van der Waals surface area contributed by atoms with E-state index in [2.05, 4.69) is 15.9 Å². The van der Waals surface area contributed by atoms with E-state index in [9.17, 15) is 14.4 Å². The Hall–Kier alpha value is -3.17. The van der Waals surface area contributed by atoms with Gasteiger partial charge >= 0.3 is 12.1 Å². The molecule has 1 fully saturated rings. The van der Waals surface area contributed by atoms with Crippen LogP contribution in [-0.4, -0.2) is 40.5 Å². The summed E-state index contributed by atoms with van der Waals surface area (Å²) in [6.07, 6.45) is 1.09. The molecule has 3 aromatic rings. The van der Waals surface area contributed by atoms with Gasteiger partial charge in [0.2, 0.25) is 0 Å². The number of nitrogens with zero attached hydrogens (tertiary/aromatic N) is 1. The Morgan fingerprint density at radius 3 is 2.27 bits per heavy atom. The van der Waals surface area contributed by atoms with Crippen LogP contribution in [0, 0.1) is 5.41 Å². The molecule has 0 saturated carbocycles. The number of halogens is 1. The van der Waals surface area contributed by atoms with Gasteiger partial charge in [-0.3, -0.25) is 14.5 Å². The minimum Gasteiger partial charge on any atom is -0.464 e. The number of nitrogens with two attached hydrogens (primary N) is 1. The molecule has 9 heteroatoms. The molecule has 1 aliphatic rings. The molecule has 1 aromatic heterocycles. The van der Waals surface area contributed by atoms with Crippen molar-refractivity contribution in [3.63, 3.8) is 0 Å². The molecule has 1 amide bonds. The van der Waals surface area contributed by atoms with Crippen LogP contribution >= 0.6 is 15.9 Å². The number of piperidine rings is 1. The van der Waals surface area contributed by atoms with Gasteiger partial charge in [-0.1, -0.05) is 46.3 Å². The Kier molecular flexibility index (Phi) is 7.95. The van der Waals surface area contributed by atoms with Crippen molar-refractivity contribution in [3.8, 4) is 0 Å². The van der Waals surface area contributed by atoms with E-state index in [0.29, 0.717) is 23.1 Å². The lowest BCUT2D eigenvalue weighted by Gasteiger charge is -2.54. The normalized spacial score (nSPS) is 21.8. The lowest BCUT2D eigenvalue weighted by Crippen LogP contribution is -2.73. The van der Waals surface area contributed by atoms with Crippen LogP contribution in [0.25, 0.3) is 11.0 Å². The highest BCUT2D eigenvalue weighted by Gasteiger charge is 2.67. The van der Waals surface area contributed by atoms with Crippen LogP contribution in [0.1, 0.15) is 65.5 Å². The summed E-state index contributed by atoms with van der Waals surface area (Å²) < 4.78 is 18.2. The van der Waals surface area contributed by atoms with E-state index >= 15 is 0 Å². The van der Waals surface area contributed by atoms with Crippen molar-refractivity contribution in [2.45, 2.75) is 77.7 Å². The molecular formula is C31H37BrN2O6. The molecule has 0 spiro atoms. The van der Waals surface area contributed by atoms with E-state index in [0.717, 1.165) is 9.86 Å². The third-order valence-electron chi connectivity index (χ3n) is 7.00. The number of ether oxygens (including phenoxy) is 2. The number of ketones is 1. The fourth-order valence-corrected chi connectivity index (χ4v) is 5.93. The summed E-state index contributed by atoms with van der Waals surface area (Å²) in [5.41, 5.74) is 3.26. The van der Waals surface area contributed by atoms with Gasteiger partial charge in [0.25, 0.3) is 0 Å². The van der Waals surface area contributed by atoms with Gasteiger partial charge in [0.05, 0.1) is 6.26 Å². The lowest BCUT2D eigenvalue weighted by molar-refractivity contribution is -0.188. The number of Topliss-reactive ketones (excluding diaryl/α,β-unsaturated/α-hetero) is 1. The average Bonchev–Trinajstić information content (AvgIpc) is 3.31. The summed E-state index contributed by atoms with van der Waals surface area (Å²) in [5.74, 6) is -1.26. The topological polar surface area (TPSA) is 112 Å². The molecule has 2 atom stereocenters. The molecule has 0 radical (unpaired) electrons. The van der Waals surface area contributed by atoms with E-state index in [1.54, 1.807) is 90.3 Å². The number of rotatable bonds is 5. The third-order valence-corrected chi connectivity index (χ3v) is 7.46. The van der Waals surface area contributed by atoms with Crippen LogP contribution in [0.2, 0.25) is 0 Å². The number of carbonyl (C=O) groups is 3. The predicted octanol–water partition coefficient (Wildman–Crippen LogP) is 6.48. The first-order valence-corrected chi connectivity index (χ1v) is 14.2. The maximum Gasteiger partial charge on any atom is 0.412 e. The van der Waals surface area contributed by atoms with E-state index in [4.69, 9.17) is 19.6 Å². The molecule has 214 valence electrons. The average molecular weight is 614 g/mol. The van der Waals surface area contributed by atoms with E-state index in [1.165, 1.54) is 4.90 Å². The van der Waals surface area contributed by atoms with Crippen LogP contribution in [-0.2, 0) is 31.1 Å². The number of esters is 1. The molecule has 2 unspecified atom stereocenters. The van der Waals surface area contributed by atoms with Gasteiger partial charge in [-0.2, -0.15) is 0 Å². The van der Waals surface area contributed by atoms with Crippen LogP contribution in [0.15, 0.2) is 63.7 Å². The van der Waals surface area contributed by atoms with Gasteiger partial charge in [0, 0.05) is 28.4 Å². The molecule has 4 rings (SSSR count). The predicted molar refractivity (Wildman–Crippen MR) is 155 cm³/mol. The zero-order valence-corrected chi connectivity index (χ0v) is 25.5. The maximum atomic E-state index is 14.7. The van der Waals surface area contributed by atoms with Crippen molar-refractivity contribution >= 4 is 44.7 Å². The van der Waals surface area contributed by atoms with Crippen LogP contribution in [0.4, 0.5) is 4.79 Å². The molecule has 1 aliphatic heterocycles. The lowest BCUT2D eigenvalue weighted by atomic mass is 9.62. The quantitative estimate of drug-likeness (QED) is 0.259. The highest BCUT2D eigenvalue weighted by Crippen LogP contribution is 2.51. The summed E-state index contributed by atoms with van der Waals surface area (Å²) in [6.45, 7) is 10.7. The number of hydrogen-bond donors (Lipinski definition) is 1. The molecule has 2 N–H and O–H groups in total. The van der Waals surface area contributed by atoms with Crippen LogP contribution in [0.5, 0.6) is 0 Å². The van der Waals surface area contributed by atoms with Gasteiger partial charge in [-0.05, 0) is 78.1 Å². The molecule has 0 bridgehead atoms. The molecule has 8 nitrogen and oxygen atoms in total. The first-order valence-electron chi connectivity index (χ1n) is 13.4. The number of hydrogen-bond acceptors (Lipinski definition) is 7. The van der Waals surface area contributed by atoms with Crippen molar-refractivity contribution in [2.75, 3.05) is 6.54 Å². The summed E-state index contributed by atoms with van der Waals surface area (Å²) >= 11 is 3.51. The SMILES string of the molecule is CC(C)(C)OC(=O)N1CCCC(C(=O)Cc2cc(Br)cc3ccoc23)(C(=O)OC(C)(C)C)C1(N)c1ccccc1. The molecule has 0 aliphatic carbocycles. The number of benzene rings is 2. The first-order chi connectivity index (χ1) is 18.6. The summed E-state index contributed by atoms with van der Waals surface area (Å²) in [5, 5.41) is 0.810. The van der Waals surface area contributed by atoms with Crippen molar-refractivity contribution in [3.05, 3.63) is 70.4 Å². The van der Waals surface area contributed by atoms with Gasteiger partial charge in [-0.15, -0.1) is 0 Å². The van der Waals surface area contributed by atoms with Crippen LogP contribution < -0.4 is 5.73 Å². The van der Waals surface area contributed by atoms with Crippen molar-refractivity contribution in [2.24, 2.45) is 11.1 Å². The zero-order chi connectivity index (χ0) is 29.5. The second-order valence-corrected chi connectivity index (χ2v) is 13.2. The molecular weight excluding hydrogens is 576 g/mol. The van der Waals surface area contributed by atoms with Crippen molar-refractivity contribution in [1.82, 2.24) is 4.90 Å². The Balaban J connectivity index is 1.95. The Bertz CT molecular complexity index is 1420. The van der Waals surface area contributed by atoms with Crippen LogP contribution in [0.3, 0.4) is 0 Å². The highest BCUT2D eigenvalue weighted by atomic mass is 79.9. The monoisotopic (exact) mass is 612 g/mol. The van der Waals surface area contributed by atoms with Gasteiger partial charge in [-0.25, -0.2) is 4.79 Å². The number of carbonyl (C=O) groups excluding carboxylic acids is 3. The minimum absolute atomic E-state index is 0.0841. The van der Waals surface area contributed by atoms with Gasteiger partial charge in [0.15, 0.2) is 11.2 Å². The summed E-state index contributed by atoms with van der Waals surface area (Å²) in [6, 6.07) is 14.3. The Labute approximate surface area is 243 Å². The molecule has 2 aromatic carbocycles. The third kappa shape index (κ3) is 5.54. The molecule has 40 heavy (non-hydrogen) atoms. The van der Waals surface area contributed by atoms with Crippen molar-refractivity contribution in [1.29, 1.82) is 0 Å². The molecule has 2 heterocycles. The minimum atomic E-state index is -1.95. The highest BCUT2D eigenvalue weighted by molar-refractivity contribution is 9.10.